The average molecular weight is 384 g/mol. The molecule has 1 aliphatic heterocycles. The summed E-state index contributed by atoms with van der Waals surface area (Å²) >= 11 is 0. The molecule has 3 atom stereocenters. The second kappa shape index (κ2) is 8.39. The lowest BCUT2D eigenvalue weighted by Crippen LogP contribution is -2.35. The molecule has 2 fully saturated rings. The highest BCUT2D eigenvalue weighted by molar-refractivity contribution is 5.80. The molecule has 2 aromatic carbocycles. The highest BCUT2D eigenvalue weighted by Crippen LogP contribution is 2.41. The van der Waals surface area contributed by atoms with E-state index >= 15 is 0 Å². The van der Waals surface area contributed by atoms with Crippen LogP contribution in [0.5, 0.6) is 0 Å². The Morgan fingerprint density at radius 1 is 0.929 bits per heavy atom. The molecule has 1 saturated heterocycles. The van der Waals surface area contributed by atoms with Gasteiger partial charge in [0, 0.05) is 31.6 Å². The molecule has 1 N–H and O–H groups in total. The van der Waals surface area contributed by atoms with E-state index < -0.39 is 0 Å². The summed E-state index contributed by atoms with van der Waals surface area (Å²) in [6.45, 7) is 2.34. The lowest BCUT2D eigenvalue weighted by molar-refractivity contribution is -0.134. The van der Waals surface area contributed by atoms with Crippen molar-refractivity contribution in [3.8, 4) is 0 Å². The van der Waals surface area contributed by atoms with Gasteiger partial charge in [-0.15, -0.1) is 0 Å². The van der Waals surface area contributed by atoms with Gasteiger partial charge in [0.15, 0.2) is 0 Å². The van der Waals surface area contributed by atoms with Gasteiger partial charge in [-0.3, -0.25) is 4.79 Å². The van der Waals surface area contributed by atoms with Crippen molar-refractivity contribution in [1.82, 2.24) is 10.2 Å². The lowest BCUT2D eigenvalue weighted by Gasteiger charge is -2.24. The largest absolute Gasteiger partial charge is 0.342 e. The Kier molecular flexibility index (Phi) is 5.72. The zero-order valence-electron chi connectivity index (χ0n) is 15.9. The number of carbonyl (C=O) groups is 1. The maximum Gasteiger partial charge on any atom is 0.226 e. The average Bonchev–Trinajstić information content (AvgIpc) is 3.38. The van der Waals surface area contributed by atoms with E-state index in [2.05, 4.69) is 5.32 Å². The molecule has 2 aromatic rings. The van der Waals surface area contributed by atoms with Crippen molar-refractivity contribution in [1.29, 1.82) is 0 Å². The van der Waals surface area contributed by atoms with E-state index in [1.54, 1.807) is 12.1 Å². The molecule has 0 spiro atoms. The van der Waals surface area contributed by atoms with Crippen LogP contribution in [0.25, 0.3) is 0 Å². The molecule has 0 unspecified atom stereocenters. The predicted octanol–water partition coefficient (Wildman–Crippen LogP) is 4.24. The SMILES string of the molecule is O=C([C@H]1C[C@@H](NCc2ccc(F)cc2)C[C@@H]1c1ccc(F)cc1)N1CCCC1. The van der Waals surface area contributed by atoms with Crippen molar-refractivity contribution in [3.05, 3.63) is 71.3 Å². The molecule has 1 saturated carbocycles. The summed E-state index contributed by atoms with van der Waals surface area (Å²) in [6, 6.07) is 13.3. The van der Waals surface area contributed by atoms with Gasteiger partial charge in [0.2, 0.25) is 5.91 Å². The van der Waals surface area contributed by atoms with Crippen molar-refractivity contribution >= 4 is 5.91 Å². The molecule has 4 rings (SSSR count). The Labute approximate surface area is 164 Å². The van der Waals surface area contributed by atoms with E-state index in [-0.39, 0.29) is 35.4 Å². The Morgan fingerprint density at radius 3 is 2.18 bits per heavy atom. The molecule has 3 nitrogen and oxygen atoms in total. The lowest BCUT2D eigenvalue weighted by atomic mass is 9.88. The van der Waals surface area contributed by atoms with Crippen molar-refractivity contribution in [2.75, 3.05) is 13.1 Å². The predicted molar refractivity (Wildman–Crippen MR) is 105 cm³/mol. The summed E-state index contributed by atoms with van der Waals surface area (Å²) in [7, 11) is 0. The zero-order valence-corrected chi connectivity index (χ0v) is 15.9. The molecule has 5 heteroatoms. The summed E-state index contributed by atoms with van der Waals surface area (Å²) in [5.41, 5.74) is 2.05. The van der Waals surface area contributed by atoms with Crippen LogP contribution < -0.4 is 5.32 Å². The number of rotatable bonds is 5. The highest BCUT2D eigenvalue weighted by Gasteiger charge is 2.41. The second-order valence-electron chi connectivity index (χ2n) is 7.97. The number of nitrogens with one attached hydrogen (secondary N) is 1. The topological polar surface area (TPSA) is 32.3 Å². The molecule has 148 valence electrons. The van der Waals surface area contributed by atoms with Gasteiger partial charge < -0.3 is 10.2 Å². The monoisotopic (exact) mass is 384 g/mol. The fourth-order valence-corrected chi connectivity index (χ4v) is 4.59. The number of likely N-dealkylation sites (tertiary alicyclic amines) is 1. The fourth-order valence-electron chi connectivity index (χ4n) is 4.59. The van der Waals surface area contributed by atoms with Gasteiger partial charge in [0.25, 0.3) is 0 Å². The van der Waals surface area contributed by atoms with Crippen molar-refractivity contribution in [2.24, 2.45) is 5.92 Å². The van der Waals surface area contributed by atoms with Crippen LogP contribution in [0.1, 0.15) is 42.7 Å². The van der Waals surface area contributed by atoms with Gasteiger partial charge in [-0.2, -0.15) is 0 Å². The number of hydrogen-bond acceptors (Lipinski definition) is 2. The zero-order chi connectivity index (χ0) is 19.5. The summed E-state index contributed by atoms with van der Waals surface area (Å²) in [6.07, 6.45) is 3.77. The number of halogens is 2. The van der Waals surface area contributed by atoms with E-state index in [1.807, 2.05) is 17.0 Å². The highest BCUT2D eigenvalue weighted by atomic mass is 19.1. The molecule has 0 bridgehead atoms. The van der Waals surface area contributed by atoms with Gasteiger partial charge in [0.05, 0.1) is 0 Å². The van der Waals surface area contributed by atoms with E-state index in [1.165, 1.54) is 24.3 Å². The molecule has 1 amide bonds. The van der Waals surface area contributed by atoms with Gasteiger partial charge in [-0.1, -0.05) is 24.3 Å². The second-order valence-corrected chi connectivity index (χ2v) is 7.97. The molecule has 2 aliphatic rings. The summed E-state index contributed by atoms with van der Waals surface area (Å²) < 4.78 is 26.5. The molecule has 1 aliphatic carbocycles. The first-order valence-electron chi connectivity index (χ1n) is 10.1. The quantitative estimate of drug-likeness (QED) is 0.836. The Hall–Kier alpha value is -2.27. The normalized spacial score (nSPS) is 24.6. The van der Waals surface area contributed by atoms with E-state index in [4.69, 9.17) is 0 Å². The van der Waals surface area contributed by atoms with Crippen LogP contribution >= 0.6 is 0 Å². The van der Waals surface area contributed by atoms with Crippen LogP contribution in [0, 0.1) is 17.6 Å². The first kappa shape index (κ1) is 19.1. The third-order valence-electron chi connectivity index (χ3n) is 6.10. The number of hydrogen-bond donors (Lipinski definition) is 1. The van der Waals surface area contributed by atoms with E-state index in [0.29, 0.717) is 6.54 Å². The van der Waals surface area contributed by atoms with Gasteiger partial charge in [-0.25, -0.2) is 8.78 Å². The first-order valence-corrected chi connectivity index (χ1v) is 10.1. The van der Waals surface area contributed by atoms with Crippen LogP contribution in [0.15, 0.2) is 48.5 Å². The number of benzene rings is 2. The third kappa shape index (κ3) is 4.25. The molecular formula is C23H26F2N2O. The van der Waals surface area contributed by atoms with E-state index in [9.17, 15) is 13.6 Å². The fraction of sp³-hybridized carbons (Fsp3) is 0.435. The molecule has 1 heterocycles. The Morgan fingerprint density at radius 2 is 1.54 bits per heavy atom. The van der Waals surface area contributed by atoms with Crippen molar-refractivity contribution < 1.29 is 13.6 Å². The van der Waals surface area contributed by atoms with Crippen LogP contribution in [0.3, 0.4) is 0 Å². The van der Waals surface area contributed by atoms with E-state index in [0.717, 1.165) is 49.9 Å². The standard InChI is InChI=1S/C23H26F2N2O/c24-18-7-3-16(4-8-18)15-26-20-13-21(17-5-9-19(25)10-6-17)22(14-20)23(28)27-11-1-2-12-27/h3-10,20-22,26H,1-2,11-15H2/t20-,21+,22-/m0/s1. The summed E-state index contributed by atoms with van der Waals surface area (Å²) in [4.78, 5) is 15.1. The van der Waals surface area contributed by atoms with Gasteiger partial charge in [0.1, 0.15) is 11.6 Å². The van der Waals surface area contributed by atoms with Crippen molar-refractivity contribution in [2.45, 2.75) is 44.2 Å². The smallest absolute Gasteiger partial charge is 0.226 e. The third-order valence-corrected chi connectivity index (χ3v) is 6.10. The maximum absolute atomic E-state index is 13.4. The van der Waals surface area contributed by atoms with Crippen molar-refractivity contribution in [3.63, 3.8) is 0 Å². The summed E-state index contributed by atoms with van der Waals surface area (Å²) in [5, 5.41) is 3.54. The van der Waals surface area contributed by atoms with Gasteiger partial charge >= 0.3 is 0 Å². The van der Waals surface area contributed by atoms with Crippen LogP contribution in [0.2, 0.25) is 0 Å². The Bertz CT molecular complexity index is 800. The number of nitrogens with zero attached hydrogens (tertiary/aromatic N) is 1. The molecule has 0 radical (unpaired) electrons. The number of carbonyl (C=O) groups excluding carboxylic acids is 1. The van der Waals surface area contributed by atoms with Crippen LogP contribution in [-0.2, 0) is 11.3 Å². The minimum Gasteiger partial charge on any atom is -0.342 e. The Balaban J connectivity index is 1.48. The van der Waals surface area contributed by atoms with Crippen LogP contribution in [-0.4, -0.2) is 29.9 Å². The minimum atomic E-state index is -0.254. The minimum absolute atomic E-state index is 0.0747. The molecule has 28 heavy (non-hydrogen) atoms. The molecular weight excluding hydrogens is 358 g/mol. The number of amides is 1. The maximum atomic E-state index is 13.4. The summed E-state index contributed by atoms with van der Waals surface area (Å²) in [5.74, 6) is -0.237. The van der Waals surface area contributed by atoms with Gasteiger partial charge in [-0.05, 0) is 67.0 Å². The molecule has 0 aromatic heterocycles. The van der Waals surface area contributed by atoms with Crippen LogP contribution in [0.4, 0.5) is 8.78 Å². The first-order chi connectivity index (χ1) is 13.6.